The molecule has 24 heavy (non-hydrogen) atoms. The van der Waals surface area contributed by atoms with E-state index in [2.05, 4.69) is 15.9 Å². The minimum Gasteiger partial charge on any atom is -0.258 e. The van der Waals surface area contributed by atoms with Crippen LogP contribution in [0, 0.1) is 15.9 Å². The van der Waals surface area contributed by atoms with Gasteiger partial charge in [0.25, 0.3) is 15.7 Å². The molecule has 1 unspecified atom stereocenters. The van der Waals surface area contributed by atoms with Crippen LogP contribution < -0.4 is 0 Å². The fourth-order valence-corrected chi connectivity index (χ4v) is 4.98. The molecule has 1 aliphatic heterocycles. The third-order valence-corrected chi connectivity index (χ3v) is 6.54. The standard InChI is InChI=1S/C15H12BrFN2O4S/c1-15(11-8-10(16)6-7-12(11)17)9-18(15)24(22,23)14-5-3-2-4-13(14)19(20)21/h2-8H,9H2,1H3/t15-,18?/m1/s1. The van der Waals surface area contributed by atoms with Gasteiger partial charge in [-0.15, -0.1) is 0 Å². The first-order valence-corrected chi connectivity index (χ1v) is 9.13. The van der Waals surface area contributed by atoms with E-state index < -0.39 is 36.9 Å². The maximum atomic E-state index is 14.1. The second-order valence-corrected chi connectivity index (χ2v) is 8.38. The highest BCUT2D eigenvalue weighted by Gasteiger charge is 2.58. The van der Waals surface area contributed by atoms with Gasteiger partial charge < -0.3 is 0 Å². The minimum atomic E-state index is -4.12. The quantitative estimate of drug-likeness (QED) is 0.436. The average molecular weight is 415 g/mol. The second kappa shape index (κ2) is 5.61. The topological polar surface area (TPSA) is 80.3 Å². The number of benzene rings is 2. The number of sulfonamides is 1. The smallest absolute Gasteiger partial charge is 0.258 e. The van der Waals surface area contributed by atoms with Crippen LogP contribution in [0.25, 0.3) is 0 Å². The minimum absolute atomic E-state index is 0.0504. The third kappa shape index (κ3) is 2.62. The lowest BCUT2D eigenvalue weighted by Gasteiger charge is -2.15. The van der Waals surface area contributed by atoms with E-state index >= 15 is 0 Å². The van der Waals surface area contributed by atoms with Gasteiger partial charge in [0.15, 0.2) is 4.90 Å². The van der Waals surface area contributed by atoms with Gasteiger partial charge in [0.1, 0.15) is 5.82 Å². The summed E-state index contributed by atoms with van der Waals surface area (Å²) in [4.78, 5) is 9.96. The van der Waals surface area contributed by atoms with Crippen molar-refractivity contribution >= 4 is 31.6 Å². The molecule has 0 aromatic heterocycles. The van der Waals surface area contributed by atoms with Gasteiger partial charge in [-0.2, -0.15) is 4.31 Å². The van der Waals surface area contributed by atoms with E-state index in [1.165, 1.54) is 36.4 Å². The van der Waals surface area contributed by atoms with Crippen molar-refractivity contribution < 1.29 is 17.7 Å². The molecule has 0 amide bonds. The van der Waals surface area contributed by atoms with E-state index in [9.17, 15) is 22.9 Å². The van der Waals surface area contributed by atoms with Crippen LogP contribution in [0.3, 0.4) is 0 Å². The highest BCUT2D eigenvalue weighted by atomic mass is 79.9. The molecule has 3 rings (SSSR count). The van der Waals surface area contributed by atoms with Crippen molar-refractivity contribution in [2.45, 2.75) is 17.4 Å². The summed E-state index contributed by atoms with van der Waals surface area (Å²) in [6, 6.07) is 9.41. The Kier molecular flexibility index (Phi) is 3.97. The Morgan fingerprint density at radius 1 is 1.29 bits per heavy atom. The molecule has 6 nitrogen and oxygen atoms in total. The van der Waals surface area contributed by atoms with Gasteiger partial charge in [-0.25, -0.2) is 12.8 Å². The van der Waals surface area contributed by atoms with Gasteiger partial charge in [-0.1, -0.05) is 28.1 Å². The molecule has 0 saturated carbocycles. The number of nitrogens with zero attached hydrogens (tertiary/aromatic N) is 2. The molecular weight excluding hydrogens is 403 g/mol. The van der Waals surface area contributed by atoms with Crippen LogP contribution in [0.5, 0.6) is 0 Å². The Morgan fingerprint density at radius 3 is 2.62 bits per heavy atom. The molecule has 0 spiro atoms. The van der Waals surface area contributed by atoms with Gasteiger partial charge in [-0.05, 0) is 31.2 Å². The number of para-hydroxylation sites is 1. The summed E-state index contributed by atoms with van der Waals surface area (Å²) >= 11 is 3.24. The molecule has 2 aromatic carbocycles. The predicted octanol–water partition coefficient (Wildman–Crippen LogP) is 3.42. The Hall–Kier alpha value is -1.84. The molecular formula is C15H12BrFN2O4S. The molecule has 0 radical (unpaired) electrons. The lowest BCUT2D eigenvalue weighted by molar-refractivity contribution is -0.387. The Labute approximate surface area is 146 Å². The zero-order valence-electron chi connectivity index (χ0n) is 12.4. The maximum Gasteiger partial charge on any atom is 0.289 e. The molecule has 126 valence electrons. The van der Waals surface area contributed by atoms with E-state index in [0.29, 0.717) is 4.47 Å². The van der Waals surface area contributed by atoms with Gasteiger partial charge in [-0.3, -0.25) is 10.1 Å². The molecule has 0 N–H and O–H groups in total. The van der Waals surface area contributed by atoms with Crippen molar-refractivity contribution in [1.29, 1.82) is 0 Å². The van der Waals surface area contributed by atoms with E-state index in [0.717, 1.165) is 10.4 Å². The van der Waals surface area contributed by atoms with Crippen molar-refractivity contribution in [1.82, 2.24) is 4.31 Å². The van der Waals surface area contributed by atoms with Crippen LogP contribution in [0.4, 0.5) is 10.1 Å². The van der Waals surface area contributed by atoms with E-state index in [1.54, 1.807) is 6.92 Å². The highest BCUT2D eigenvalue weighted by Crippen LogP contribution is 2.48. The molecule has 1 heterocycles. The number of hydrogen-bond donors (Lipinski definition) is 0. The Bertz CT molecular complexity index is 950. The number of rotatable bonds is 4. The predicted molar refractivity (Wildman–Crippen MR) is 88.4 cm³/mol. The van der Waals surface area contributed by atoms with Gasteiger partial charge in [0, 0.05) is 22.6 Å². The van der Waals surface area contributed by atoms with Crippen LogP contribution in [0.15, 0.2) is 51.8 Å². The fourth-order valence-electron chi connectivity index (χ4n) is 2.67. The molecule has 9 heteroatoms. The number of nitro groups is 1. The second-order valence-electron chi connectivity index (χ2n) is 5.63. The Balaban J connectivity index is 2.05. The summed E-state index contributed by atoms with van der Waals surface area (Å²) in [5, 5.41) is 11.1. The van der Waals surface area contributed by atoms with Crippen LogP contribution in [0.1, 0.15) is 12.5 Å². The summed E-state index contributed by atoms with van der Waals surface area (Å²) in [6.45, 7) is 1.64. The van der Waals surface area contributed by atoms with Crippen molar-refractivity contribution in [3.8, 4) is 0 Å². The molecule has 2 aromatic rings. The van der Waals surface area contributed by atoms with Gasteiger partial charge in [0.2, 0.25) is 0 Å². The lowest BCUT2D eigenvalue weighted by atomic mass is 10.0. The first kappa shape index (κ1) is 17.0. The van der Waals surface area contributed by atoms with Crippen molar-refractivity contribution in [3.63, 3.8) is 0 Å². The number of hydrogen-bond acceptors (Lipinski definition) is 4. The van der Waals surface area contributed by atoms with Crippen molar-refractivity contribution in [2.75, 3.05) is 6.54 Å². The van der Waals surface area contributed by atoms with E-state index in [1.807, 2.05) is 0 Å². The molecule has 0 bridgehead atoms. The van der Waals surface area contributed by atoms with Gasteiger partial charge >= 0.3 is 0 Å². The summed E-state index contributed by atoms with van der Waals surface area (Å²) in [5.74, 6) is -0.527. The first-order valence-electron chi connectivity index (χ1n) is 6.90. The molecule has 1 aliphatic rings. The molecule has 2 atom stereocenters. The SMILES string of the molecule is C[C@]1(c2cc(Br)ccc2F)CN1S(=O)(=O)c1ccccc1[N+](=O)[O-]. The van der Waals surface area contributed by atoms with Crippen molar-refractivity contribution in [3.05, 3.63) is 68.4 Å². The van der Waals surface area contributed by atoms with Crippen LogP contribution in [-0.2, 0) is 15.6 Å². The zero-order chi connectivity index (χ0) is 17.7. The summed E-state index contributed by atoms with van der Waals surface area (Å²) < 4.78 is 41.4. The number of nitro benzene ring substituents is 1. The van der Waals surface area contributed by atoms with Crippen molar-refractivity contribution in [2.24, 2.45) is 0 Å². The largest absolute Gasteiger partial charge is 0.289 e. The summed E-state index contributed by atoms with van der Waals surface area (Å²) in [5.41, 5.74) is -1.35. The van der Waals surface area contributed by atoms with Gasteiger partial charge in [0.05, 0.1) is 10.5 Å². The summed E-state index contributed by atoms with van der Waals surface area (Å²) in [6.07, 6.45) is 0. The normalized spacial score (nSPS) is 23.0. The zero-order valence-corrected chi connectivity index (χ0v) is 14.8. The van der Waals surface area contributed by atoms with Crippen LogP contribution in [0.2, 0.25) is 0 Å². The average Bonchev–Trinajstić information content (AvgIpc) is 3.24. The molecule has 1 fully saturated rings. The lowest BCUT2D eigenvalue weighted by Crippen LogP contribution is -2.21. The van der Waals surface area contributed by atoms with E-state index in [-0.39, 0.29) is 12.1 Å². The third-order valence-electron chi connectivity index (χ3n) is 4.04. The van der Waals surface area contributed by atoms with Crippen LogP contribution >= 0.6 is 15.9 Å². The highest BCUT2D eigenvalue weighted by molar-refractivity contribution is 9.10. The van der Waals surface area contributed by atoms with E-state index in [4.69, 9.17) is 0 Å². The maximum absolute atomic E-state index is 14.1. The number of halogens is 2. The Morgan fingerprint density at radius 2 is 1.96 bits per heavy atom. The molecule has 0 aliphatic carbocycles. The molecule has 1 saturated heterocycles. The van der Waals surface area contributed by atoms with Crippen LogP contribution in [-0.4, -0.2) is 24.2 Å². The summed E-state index contributed by atoms with van der Waals surface area (Å²) in [7, 11) is -4.12. The first-order chi connectivity index (χ1) is 11.2. The fraction of sp³-hybridized carbons (Fsp3) is 0.200. The monoisotopic (exact) mass is 414 g/mol.